The standard InChI is InChI=1S/C17H26N2O4S2/c1-2-14-3-5-16(6-4-14)24(20,21)18-13-15-9-11-19(12-10-15)25(22,23)17-7-8-17/h3-6,15,17-18H,2,7-13H2,1H3. The maximum Gasteiger partial charge on any atom is 0.240 e. The number of nitrogens with zero attached hydrogens (tertiary/aromatic N) is 1. The quantitative estimate of drug-likeness (QED) is 0.774. The van der Waals surface area contributed by atoms with Gasteiger partial charge in [0.05, 0.1) is 10.1 Å². The summed E-state index contributed by atoms with van der Waals surface area (Å²) >= 11 is 0. The fourth-order valence-electron chi connectivity index (χ4n) is 3.16. The molecule has 0 bridgehead atoms. The van der Waals surface area contributed by atoms with E-state index in [1.165, 1.54) is 0 Å². The van der Waals surface area contributed by atoms with Gasteiger partial charge in [-0.15, -0.1) is 0 Å². The Hall–Kier alpha value is -0.960. The Morgan fingerprint density at radius 2 is 1.60 bits per heavy atom. The van der Waals surface area contributed by atoms with Crippen LogP contribution in [0, 0.1) is 5.92 Å². The minimum absolute atomic E-state index is 0.173. The zero-order chi connectivity index (χ0) is 18.1. The Bertz CT molecular complexity index is 792. The van der Waals surface area contributed by atoms with Crippen LogP contribution >= 0.6 is 0 Å². The molecule has 1 aliphatic carbocycles. The van der Waals surface area contributed by atoms with Gasteiger partial charge < -0.3 is 0 Å². The van der Waals surface area contributed by atoms with Crippen molar-refractivity contribution < 1.29 is 16.8 Å². The summed E-state index contributed by atoms with van der Waals surface area (Å²) in [6, 6.07) is 6.92. The van der Waals surface area contributed by atoms with E-state index < -0.39 is 20.0 Å². The van der Waals surface area contributed by atoms with E-state index in [0.717, 1.165) is 24.8 Å². The van der Waals surface area contributed by atoms with Crippen LogP contribution in [0.1, 0.15) is 38.2 Å². The third kappa shape index (κ3) is 4.42. The van der Waals surface area contributed by atoms with E-state index in [1.54, 1.807) is 16.4 Å². The molecular formula is C17H26N2O4S2. The summed E-state index contributed by atoms with van der Waals surface area (Å²) in [6.07, 6.45) is 3.82. The molecule has 140 valence electrons. The first-order chi connectivity index (χ1) is 11.8. The molecule has 1 aliphatic heterocycles. The van der Waals surface area contributed by atoms with Crippen LogP contribution in [0.2, 0.25) is 0 Å². The molecule has 3 rings (SSSR count). The molecule has 0 aromatic heterocycles. The van der Waals surface area contributed by atoms with Crippen LogP contribution in [0.4, 0.5) is 0 Å². The molecule has 0 unspecified atom stereocenters. The second kappa shape index (κ2) is 7.34. The Labute approximate surface area is 150 Å². The smallest absolute Gasteiger partial charge is 0.212 e. The Kier molecular flexibility index (Phi) is 5.53. The van der Waals surface area contributed by atoms with Crippen LogP contribution in [0.15, 0.2) is 29.2 Å². The van der Waals surface area contributed by atoms with Crippen LogP contribution in [0.5, 0.6) is 0 Å². The maximum atomic E-state index is 12.4. The first-order valence-electron chi connectivity index (χ1n) is 8.90. The highest BCUT2D eigenvalue weighted by Gasteiger charge is 2.41. The van der Waals surface area contributed by atoms with Gasteiger partial charge in [0.1, 0.15) is 0 Å². The molecule has 1 saturated carbocycles. The number of nitrogens with one attached hydrogen (secondary N) is 1. The molecule has 25 heavy (non-hydrogen) atoms. The molecule has 1 aromatic carbocycles. The van der Waals surface area contributed by atoms with Crippen molar-refractivity contribution in [1.29, 1.82) is 0 Å². The lowest BCUT2D eigenvalue weighted by Gasteiger charge is -2.31. The summed E-state index contributed by atoms with van der Waals surface area (Å²) in [4.78, 5) is 0.276. The molecule has 0 atom stereocenters. The normalized spacial score (nSPS) is 20.7. The van der Waals surface area contributed by atoms with Gasteiger partial charge in [-0.1, -0.05) is 19.1 Å². The Morgan fingerprint density at radius 1 is 1.00 bits per heavy atom. The number of sulfonamides is 2. The summed E-state index contributed by atoms with van der Waals surface area (Å²) in [7, 11) is -6.62. The second-order valence-corrected chi connectivity index (χ2v) is 10.9. The summed E-state index contributed by atoms with van der Waals surface area (Å²) in [6.45, 7) is 3.37. The topological polar surface area (TPSA) is 83.6 Å². The van der Waals surface area contributed by atoms with Crippen molar-refractivity contribution in [2.75, 3.05) is 19.6 Å². The van der Waals surface area contributed by atoms with Crippen molar-refractivity contribution in [3.05, 3.63) is 29.8 Å². The molecular weight excluding hydrogens is 360 g/mol. The lowest BCUT2D eigenvalue weighted by molar-refractivity contribution is 0.274. The zero-order valence-corrected chi connectivity index (χ0v) is 16.2. The molecule has 0 amide bonds. The van der Waals surface area contributed by atoms with Crippen molar-refractivity contribution in [1.82, 2.24) is 9.03 Å². The average Bonchev–Trinajstić information content (AvgIpc) is 3.46. The molecule has 6 nitrogen and oxygen atoms in total. The van der Waals surface area contributed by atoms with Crippen molar-refractivity contribution in [3.8, 4) is 0 Å². The first-order valence-corrected chi connectivity index (χ1v) is 11.9. The lowest BCUT2D eigenvalue weighted by atomic mass is 9.99. The number of hydrogen-bond donors (Lipinski definition) is 1. The average molecular weight is 387 g/mol. The fraction of sp³-hybridized carbons (Fsp3) is 0.647. The monoisotopic (exact) mass is 386 g/mol. The Balaban J connectivity index is 1.52. The lowest BCUT2D eigenvalue weighted by Crippen LogP contribution is -2.42. The predicted molar refractivity (Wildman–Crippen MR) is 97.2 cm³/mol. The summed E-state index contributed by atoms with van der Waals surface area (Å²) < 4.78 is 53.5. The van der Waals surface area contributed by atoms with Crippen molar-refractivity contribution in [2.24, 2.45) is 5.92 Å². The van der Waals surface area contributed by atoms with Gasteiger partial charge >= 0.3 is 0 Å². The van der Waals surface area contributed by atoms with E-state index in [4.69, 9.17) is 0 Å². The number of rotatable bonds is 7. The van der Waals surface area contributed by atoms with E-state index in [-0.39, 0.29) is 16.1 Å². The SMILES string of the molecule is CCc1ccc(S(=O)(=O)NCC2CCN(S(=O)(=O)C3CC3)CC2)cc1. The zero-order valence-electron chi connectivity index (χ0n) is 14.5. The molecule has 2 fully saturated rings. The van der Waals surface area contributed by atoms with E-state index in [0.29, 0.717) is 32.5 Å². The number of hydrogen-bond acceptors (Lipinski definition) is 4. The van der Waals surface area contributed by atoms with E-state index in [2.05, 4.69) is 4.72 Å². The maximum absolute atomic E-state index is 12.4. The van der Waals surface area contributed by atoms with Crippen LogP contribution in [0.3, 0.4) is 0 Å². The van der Waals surface area contributed by atoms with Crippen LogP contribution in [0.25, 0.3) is 0 Å². The van der Waals surface area contributed by atoms with E-state index >= 15 is 0 Å². The summed E-state index contributed by atoms with van der Waals surface area (Å²) in [5, 5.41) is -0.173. The molecule has 0 radical (unpaired) electrons. The molecule has 1 N–H and O–H groups in total. The van der Waals surface area contributed by atoms with Crippen LogP contribution < -0.4 is 4.72 Å². The molecule has 1 aromatic rings. The van der Waals surface area contributed by atoms with Gasteiger partial charge in [0.15, 0.2) is 0 Å². The fourth-order valence-corrected chi connectivity index (χ4v) is 6.15. The highest BCUT2D eigenvalue weighted by atomic mass is 32.2. The minimum Gasteiger partial charge on any atom is -0.212 e. The number of piperidine rings is 1. The molecule has 1 heterocycles. The largest absolute Gasteiger partial charge is 0.240 e. The first kappa shape index (κ1) is 18.8. The van der Waals surface area contributed by atoms with Crippen molar-refractivity contribution in [3.63, 3.8) is 0 Å². The van der Waals surface area contributed by atoms with Crippen LogP contribution in [-0.4, -0.2) is 46.0 Å². The number of aryl methyl sites for hydroxylation is 1. The molecule has 1 saturated heterocycles. The van der Waals surface area contributed by atoms with E-state index in [9.17, 15) is 16.8 Å². The summed E-state index contributed by atoms with van der Waals surface area (Å²) in [5.41, 5.74) is 1.10. The van der Waals surface area contributed by atoms with Gasteiger partial charge in [-0.2, -0.15) is 0 Å². The number of benzene rings is 1. The van der Waals surface area contributed by atoms with Gasteiger partial charge in [-0.3, -0.25) is 0 Å². The van der Waals surface area contributed by atoms with Gasteiger partial charge in [0, 0.05) is 19.6 Å². The van der Waals surface area contributed by atoms with Crippen molar-refractivity contribution >= 4 is 20.0 Å². The van der Waals surface area contributed by atoms with Gasteiger partial charge in [0.2, 0.25) is 20.0 Å². The van der Waals surface area contributed by atoms with Crippen LogP contribution in [-0.2, 0) is 26.5 Å². The molecule has 0 spiro atoms. The van der Waals surface area contributed by atoms with E-state index in [1.807, 2.05) is 19.1 Å². The van der Waals surface area contributed by atoms with Gasteiger partial charge in [-0.05, 0) is 55.7 Å². The third-order valence-corrected chi connectivity index (χ3v) is 8.92. The summed E-state index contributed by atoms with van der Waals surface area (Å²) in [5.74, 6) is 0.176. The predicted octanol–water partition coefficient (Wildman–Crippen LogP) is 1.73. The van der Waals surface area contributed by atoms with Crippen molar-refractivity contribution in [2.45, 2.75) is 49.2 Å². The second-order valence-electron chi connectivity index (χ2n) is 6.94. The third-order valence-electron chi connectivity index (χ3n) is 5.08. The minimum atomic E-state index is -3.51. The molecule has 2 aliphatic rings. The Morgan fingerprint density at radius 3 is 2.12 bits per heavy atom. The highest BCUT2D eigenvalue weighted by molar-refractivity contribution is 7.90. The van der Waals surface area contributed by atoms with Gasteiger partial charge in [0.25, 0.3) is 0 Å². The van der Waals surface area contributed by atoms with Gasteiger partial charge in [-0.25, -0.2) is 25.9 Å². The molecule has 8 heteroatoms. The highest BCUT2D eigenvalue weighted by Crippen LogP contribution is 2.33.